The van der Waals surface area contributed by atoms with Crippen LogP contribution in [0.2, 0.25) is 0 Å². The number of primary amides is 1. The van der Waals surface area contributed by atoms with Gasteiger partial charge in [-0.2, -0.15) is 8.78 Å². The van der Waals surface area contributed by atoms with Crippen molar-refractivity contribution in [3.63, 3.8) is 0 Å². The Balaban J connectivity index is 2.55. The minimum atomic E-state index is -3.80. The Hall–Kier alpha value is -1.83. The van der Waals surface area contributed by atoms with Gasteiger partial charge >= 0.3 is 5.92 Å². The van der Waals surface area contributed by atoms with Gasteiger partial charge in [-0.15, -0.1) is 0 Å². The maximum absolute atomic E-state index is 13.2. The summed E-state index contributed by atoms with van der Waals surface area (Å²) in [6, 6.07) is 4.73. The number of aromatic nitrogens is 2. The van der Waals surface area contributed by atoms with Gasteiger partial charge < -0.3 is 5.73 Å². The average Bonchev–Trinajstić information content (AvgIpc) is 2.33. The number of alkyl halides is 2. The summed E-state index contributed by atoms with van der Waals surface area (Å²) < 4.78 is 27.7. The van der Waals surface area contributed by atoms with E-state index in [4.69, 9.17) is 0 Å². The third-order valence-corrected chi connectivity index (χ3v) is 3.01. The van der Waals surface area contributed by atoms with Crippen LogP contribution >= 0.6 is 15.9 Å². The summed E-state index contributed by atoms with van der Waals surface area (Å²) in [5.41, 5.74) is 4.29. The molecule has 0 saturated carbocycles. The van der Waals surface area contributed by atoms with Crippen LogP contribution in [-0.4, -0.2) is 21.4 Å². The van der Waals surface area contributed by atoms with Crippen molar-refractivity contribution in [2.75, 3.05) is 0 Å². The number of benzene rings is 1. The number of carbonyl (C=O) groups excluding carboxylic acids is 1. The molecule has 0 aliphatic heterocycles. The standard InChI is InChI=1S/C11H8BrF2N3O2/c12-6-1-2-8-7(3-6)9(18)17(5-16-8)4-11(13,14)10(15)19/h1-3,5H,4H2,(H2,15,19). The second-order valence-corrected chi connectivity index (χ2v) is 4.82. The third kappa shape index (κ3) is 2.62. The number of amides is 1. The Kier molecular flexibility index (Phi) is 3.36. The lowest BCUT2D eigenvalue weighted by atomic mass is 10.2. The topological polar surface area (TPSA) is 78.0 Å². The first kappa shape index (κ1) is 13.6. The predicted octanol–water partition coefficient (Wildman–Crippen LogP) is 1.28. The molecule has 0 fully saturated rings. The molecule has 1 aromatic carbocycles. The molecule has 2 aromatic rings. The smallest absolute Gasteiger partial charge is 0.341 e. The maximum atomic E-state index is 13.2. The molecule has 1 amide bonds. The fourth-order valence-corrected chi connectivity index (χ4v) is 1.90. The Morgan fingerprint density at radius 1 is 1.47 bits per heavy atom. The van der Waals surface area contributed by atoms with Crippen molar-refractivity contribution >= 4 is 32.7 Å². The summed E-state index contributed by atoms with van der Waals surface area (Å²) in [5, 5.41) is 0.178. The molecule has 100 valence electrons. The van der Waals surface area contributed by atoms with Crippen molar-refractivity contribution in [3.8, 4) is 0 Å². The second kappa shape index (κ2) is 4.69. The molecule has 0 atom stereocenters. The lowest BCUT2D eigenvalue weighted by Crippen LogP contribution is -2.41. The van der Waals surface area contributed by atoms with Crippen LogP contribution in [0.5, 0.6) is 0 Å². The van der Waals surface area contributed by atoms with Crippen molar-refractivity contribution in [1.82, 2.24) is 9.55 Å². The molecule has 2 N–H and O–H groups in total. The summed E-state index contributed by atoms with van der Waals surface area (Å²) in [6.07, 6.45) is 0.968. The first-order valence-corrected chi connectivity index (χ1v) is 5.93. The molecular weight excluding hydrogens is 324 g/mol. The monoisotopic (exact) mass is 331 g/mol. The number of carbonyl (C=O) groups is 1. The summed E-state index contributed by atoms with van der Waals surface area (Å²) >= 11 is 3.18. The maximum Gasteiger partial charge on any atom is 0.341 e. The van der Waals surface area contributed by atoms with E-state index in [1.54, 1.807) is 12.1 Å². The number of nitrogens with zero attached hydrogens (tertiary/aromatic N) is 2. The third-order valence-electron chi connectivity index (χ3n) is 2.52. The van der Waals surface area contributed by atoms with E-state index in [9.17, 15) is 18.4 Å². The van der Waals surface area contributed by atoms with E-state index in [-0.39, 0.29) is 5.39 Å². The van der Waals surface area contributed by atoms with Crippen molar-refractivity contribution in [1.29, 1.82) is 0 Å². The number of rotatable bonds is 3. The van der Waals surface area contributed by atoms with Crippen LogP contribution in [0, 0.1) is 0 Å². The van der Waals surface area contributed by atoms with Crippen LogP contribution in [0.25, 0.3) is 10.9 Å². The molecule has 2 rings (SSSR count). The summed E-state index contributed by atoms with van der Waals surface area (Å²) in [6.45, 7) is -1.13. The number of hydrogen-bond donors (Lipinski definition) is 1. The number of hydrogen-bond acceptors (Lipinski definition) is 3. The molecule has 0 unspecified atom stereocenters. The summed E-state index contributed by atoms with van der Waals surface area (Å²) in [4.78, 5) is 26.5. The molecule has 1 heterocycles. The summed E-state index contributed by atoms with van der Waals surface area (Å²) in [5.74, 6) is -5.58. The van der Waals surface area contributed by atoms with Gasteiger partial charge in [-0.25, -0.2) is 4.98 Å². The largest absolute Gasteiger partial charge is 0.364 e. The van der Waals surface area contributed by atoms with Gasteiger partial charge in [0.05, 0.1) is 17.2 Å². The van der Waals surface area contributed by atoms with Crippen LogP contribution in [0.4, 0.5) is 8.78 Å². The highest BCUT2D eigenvalue weighted by atomic mass is 79.9. The zero-order valence-electron chi connectivity index (χ0n) is 9.44. The van der Waals surface area contributed by atoms with Gasteiger partial charge in [-0.1, -0.05) is 15.9 Å². The van der Waals surface area contributed by atoms with E-state index in [1.807, 2.05) is 0 Å². The number of nitrogens with two attached hydrogens (primary N) is 1. The first-order chi connectivity index (χ1) is 8.81. The van der Waals surface area contributed by atoms with Crippen molar-refractivity contribution in [2.24, 2.45) is 5.73 Å². The van der Waals surface area contributed by atoms with E-state index in [0.717, 1.165) is 6.33 Å². The van der Waals surface area contributed by atoms with Crippen LogP contribution in [-0.2, 0) is 11.3 Å². The van der Waals surface area contributed by atoms with Crippen molar-refractivity contribution < 1.29 is 13.6 Å². The Morgan fingerprint density at radius 3 is 2.79 bits per heavy atom. The van der Waals surface area contributed by atoms with Gasteiger partial charge in [0.15, 0.2) is 0 Å². The van der Waals surface area contributed by atoms with E-state index in [1.165, 1.54) is 6.07 Å². The van der Waals surface area contributed by atoms with Gasteiger partial charge in [-0.05, 0) is 18.2 Å². The fraction of sp³-hybridized carbons (Fsp3) is 0.182. The van der Waals surface area contributed by atoms with Crippen LogP contribution in [0.3, 0.4) is 0 Å². The minimum Gasteiger partial charge on any atom is -0.364 e. The molecule has 0 aliphatic carbocycles. The molecule has 0 spiro atoms. The van der Waals surface area contributed by atoms with E-state index in [2.05, 4.69) is 26.6 Å². The molecule has 0 aliphatic rings. The molecule has 0 radical (unpaired) electrons. The van der Waals surface area contributed by atoms with Gasteiger partial charge in [0.2, 0.25) is 0 Å². The van der Waals surface area contributed by atoms with Gasteiger partial charge in [0.1, 0.15) is 6.54 Å². The predicted molar refractivity (Wildman–Crippen MR) is 67.8 cm³/mol. The lowest BCUT2D eigenvalue weighted by Gasteiger charge is -2.13. The SMILES string of the molecule is NC(=O)C(F)(F)Cn1cnc2ccc(Br)cc2c1=O. The second-order valence-electron chi connectivity index (χ2n) is 3.91. The molecule has 0 bridgehead atoms. The average molecular weight is 332 g/mol. The van der Waals surface area contributed by atoms with E-state index in [0.29, 0.717) is 14.6 Å². The number of fused-ring (bicyclic) bond motifs is 1. The molecular formula is C11H8BrF2N3O2. The van der Waals surface area contributed by atoms with E-state index >= 15 is 0 Å². The minimum absolute atomic E-state index is 0.178. The zero-order chi connectivity index (χ0) is 14.2. The quantitative estimate of drug-likeness (QED) is 0.920. The highest BCUT2D eigenvalue weighted by Gasteiger charge is 2.37. The van der Waals surface area contributed by atoms with E-state index < -0.39 is 23.9 Å². The Morgan fingerprint density at radius 2 is 2.16 bits per heavy atom. The Labute approximate surface area is 114 Å². The molecule has 1 aromatic heterocycles. The van der Waals surface area contributed by atoms with Gasteiger partial charge in [-0.3, -0.25) is 14.2 Å². The van der Waals surface area contributed by atoms with Crippen LogP contribution in [0.15, 0.2) is 33.8 Å². The molecule has 5 nitrogen and oxygen atoms in total. The molecule has 19 heavy (non-hydrogen) atoms. The zero-order valence-corrected chi connectivity index (χ0v) is 11.0. The normalized spacial score (nSPS) is 11.7. The van der Waals surface area contributed by atoms with Crippen molar-refractivity contribution in [3.05, 3.63) is 39.4 Å². The van der Waals surface area contributed by atoms with Crippen molar-refractivity contribution in [2.45, 2.75) is 12.5 Å². The van der Waals surface area contributed by atoms with Crippen LogP contribution < -0.4 is 11.3 Å². The highest BCUT2D eigenvalue weighted by Crippen LogP contribution is 2.17. The Bertz CT molecular complexity index is 715. The fourth-order valence-electron chi connectivity index (χ4n) is 1.54. The van der Waals surface area contributed by atoms with Crippen LogP contribution in [0.1, 0.15) is 0 Å². The van der Waals surface area contributed by atoms with Gasteiger partial charge in [0, 0.05) is 4.47 Å². The summed E-state index contributed by atoms with van der Waals surface area (Å²) in [7, 11) is 0. The molecule has 0 saturated heterocycles. The molecule has 8 heteroatoms. The van der Waals surface area contributed by atoms with Gasteiger partial charge in [0.25, 0.3) is 11.5 Å². The first-order valence-electron chi connectivity index (χ1n) is 5.14. The number of halogens is 3. The highest BCUT2D eigenvalue weighted by molar-refractivity contribution is 9.10. The lowest BCUT2D eigenvalue weighted by molar-refractivity contribution is -0.143.